The summed E-state index contributed by atoms with van der Waals surface area (Å²) in [5, 5.41) is 9.68. The largest absolute Gasteiger partial charge is 0.250 e. The Balaban J connectivity index is 1.82. The van der Waals surface area contributed by atoms with Gasteiger partial charge in [-0.25, -0.2) is 9.36 Å². The molecule has 0 N–H and O–H groups in total. The van der Waals surface area contributed by atoms with Crippen molar-refractivity contribution in [2.24, 2.45) is 0 Å². The van der Waals surface area contributed by atoms with Crippen molar-refractivity contribution in [3.8, 4) is 22.5 Å². The third-order valence-corrected chi connectivity index (χ3v) is 5.08. The van der Waals surface area contributed by atoms with Gasteiger partial charge < -0.3 is 0 Å². The Kier molecular flexibility index (Phi) is 4.98. The molecular formula is C19H13Br2ClN4. The van der Waals surface area contributed by atoms with Gasteiger partial charge in [0.25, 0.3) is 0 Å². The average Bonchev–Trinajstić information content (AvgIpc) is 3.22. The van der Waals surface area contributed by atoms with Crippen LogP contribution >= 0.6 is 43.5 Å². The third-order valence-electron chi connectivity index (χ3n) is 3.90. The van der Waals surface area contributed by atoms with E-state index in [9.17, 15) is 0 Å². The molecule has 0 saturated carbocycles. The maximum atomic E-state index is 6.00. The monoisotopic (exact) mass is 490 g/mol. The molecule has 4 rings (SSSR count). The van der Waals surface area contributed by atoms with Crippen LogP contribution in [0.25, 0.3) is 22.5 Å². The normalized spacial score (nSPS) is 11.0. The van der Waals surface area contributed by atoms with E-state index in [1.54, 1.807) is 17.1 Å². The minimum Gasteiger partial charge on any atom is -0.250 e. The second kappa shape index (κ2) is 7.39. The Labute approximate surface area is 172 Å². The molecule has 26 heavy (non-hydrogen) atoms. The number of nitrogens with zero attached hydrogens (tertiary/aromatic N) is 4. The number of rotatable bonds is 4. The van der Waals surface area contributed by atoms with Crippen LogP contribution < -0.4 is 0 Å². The van der Waals surface area contributed by atoms with Crippen LogP contribution in [0.1, 0.15) is 0 Å². The first-order valence-corrected chi connectivity index (χ1v) is 9.82. The first kappa shape index (κ1) is 17.5. The van der Waals surface area contributed by atoms with Crippen molar-refractivity contribution in [3.63, 3.8) is 0 Å². The number of aromatic nitrogens is 4. The molecule has 0 radical (unpaired) electrons. The Bertz CT molecular complexity index is 1070. The van der Waals surface area contributed by atoms with E-state index in [0.29, 0.717) is 11.7 Å². The van der Waals surface area contributed by atoms with Crippen molar-refractivity contribution in [1.82, 2.24) is 19.6 Å². The summed E-state index contributed by atoms with van der Waals surface area (Å²) in [5.41, 5.74) is 4.03. The van der Waals surface area contributed by atoms with Crippen molar-refractivity contribution in [3.05, 3.63) is 81.0 Å². The predicted molar refractivity (Wildman–Crippen MR) is 111 cm³/mol. The molecule has 2 aromatic heterocycles. The topological polar surface area (TPSA) is 35.6 Å². The second-order valence-electron chi connectivity index (χ2n) is 5.77. The smallest absolute Gasteiger partial charge is 0.133 e. The van der Waals surface area contributed by atoms with E-state index in [1.807, 2.05) is 35.0 Å². The first-order valence-electron chi connectivity index (χ1n) is 7.86. The maximum absolute atomic E-state index is 6.00. The molecule has 0 bridgehead atoms. The number of hydrogen-bond acceptors (Lipinski definition) is 2. The van der Waals surface area contributed by atoms with E-state index in [0.717, 1.165) is 31.5 Å². The second-order valence-corrected chi connectivity index (χ2v) is 8.04. The highest BCUT2D eigenvalue weighted by molar-refractivity contribution is 9.10. The average molecular weight is 493 g/mol. The number of benzene rings is 2. The Hall–Kier alpha value is -1.89. The van der Waals surface area contributed by atoms with Crippen molar-refractivity contribution in [2.45, 2.75) is 6.67 Å². The van der Waals surface area contributed by atoms with Crippen molar-refractivity contribution in [2.75, 3.05) is 0 Å². The molecule has 0 amide bonds. The minimum absolute atomic E-state index is 0.475. The molecule has 0 spiro atoms. The van der Waals surface area contributed by atoms with Crippen LogP contribution in [0.3, 0.4) is 0 Å². The van der Waals surface area contributed by atoms with E-state index in [4.69, 9.17) is 16.7 Å². The Morgan fingerprint density at radius 1 is 0.923 bits per heavy atom. The Morgan fingerprint density at radius 2 is 1.62 bits per heavy atom. The van der Waals surface area contributed by atoms with Crippen LogP contribution in [0.2, 0.25) is 5.02 Å². The fraction of sp³-hybridized carbons (Fsp3) is 0.0526. The van der Waals surface area contributed by atoms with E-state index < -0.39 is 0 Å². The molecule has 0 atom stereocenters. The van der Waals surface area contributed by atoms with Gasteiger partial charge in [0.15, 0.2) is 0 Å². The summed E-state index contributed by atoms with van der Waals surface area (Å²) in [4.78, 5) is 0. The van der Waals surface area contributed by atoms with Crippen molar-refractivity contribution < 1.29 is 0 Å². The van der Waals surface area contributed by atoms with Gasteiger partial charge in [-0.05, 0) is 30.3 Å². The highest BCUT2D eigenvalue weighted by Crippen LogP contribution is 2.29. The molecule has 0 aliphatic rings. The van der Waals surface area contributed by atoms with Gasteiger partial charge in [0.2, 0.25) is 0 Å². The minimum atomic E-state index is 0.475. The molecule has 0 aliphatic carbocycles. The highest BCUT2D eigenvalue weighted by atomic mass is 79.9. The SMILES string of the molecule is Clc1cnn(Cn2nc(-c3cccc(Br)c3)cc2-c2cccc(Br)c2)c1. The van der Waals surface area contributed by atoms with Gasteiger partial charge in [-0.15, -0.1) is 0 Å². The molecule has 130 valence electrons. The lowest BCUT2D eigenvalue weighted by Crippen LogP contribution is -2.11. The fourth-order valence-corrected chi connectivity index (χ4v) is 3.70. The Morgan fingerprint density at radius 3 is 2.27 bits per heavy atom. The molecule has 4 nitrogen and oxygen atoms in total. The molecule has 7 heteroatoms. The van der Waals surface area contributed by atoms with Crippen LogP contribution in [-0.2, 0) is 6.67 Å². The summed E-state index contributed by atoms with van der Waals surface area (Å²) in [6.07, 6.45) is 3.41. The maximum Gasteiger partial charge on any atom is 0.133 e. The molecule has 2 aromatic carbocycles. The lowest BCUT2D eigenvalue weighted by atomic mass is 10.1. The summed E-state index contributed by atoms with van der Waals surface area (Å²) in [6.45, 7) is 0.475. The van der Waals surface area contributed by atoms with Crippen molar-refractivity contribution >= 4 is 43.5 Å². The summed E-state index contributed by atoms with van der Waals surface area (Å²) >= 11 is 13.1. The van der Waals surface area contributed by atoms with Crippen LogP contribution in [0.15, 0.2) is 75.9 Å². The van der Waals surface area contributed by atoms with Gasteiger partial charge >= 0.3 is 0 Å². The van der Waals surface area contributed by atoms with Gasteiger partial charge in [0, 0.05) is 26.3 Å². The van der Waals surface area contributed by atoms with E-state index in [2.05, 4.69) is 61.2 Å². The van der Waals surface area contributed by atoms with Crippen LogP contribution in [0.4, 0.5) is 0 Å². The molecule has 4 aromatic rings. The van der Waals surface area contributed by atoms with Crippen LogP contribution in [0.5, 0.6) is 0 Å². The zero-order chi connectivity index (χ0) is 18.1. The lowest BCUT2D eigenvalue weighted by Gasteiger charge is -2.08. The highest BCUT2D eigenvalue weighted by Gasteiger charge is 2.13. The van der Waals surface area contributed by atoms with Gasteiger partial charge in [0.1, 0.15) is 6.67 Å². The number of hydrogen-bond donors (Lipinski definition) is 0. The van der Waals surface area contributed by atoms with E-state index >= 15 is 0 Å². The molecule has 0 saturated heterocycles. The molecule has 0 fully saturated rings. The zero-order valence-electron chi connectivity index (χ0n) is 13.5. The fourth-order valence-electron chi connectivity index (χ4n) is 2.75. The van der Waals surface area contributed by atoms with Gasteiger partial charge in [0.05, 0.1) is 22.6 Å². The number of halogens is 3. The quantitative estimate of drug-likeness (QED) is 0.345. The third kappa shape index (κ3) is 3.77. The summed E-state index contributed by atoms with van der Waals surface area (Å²) in [6, 6.07) is 18.4. The first-order chi connectivity index (χ1) is 12.6. The van der Waals surface area contributed by atoms with Gasteiger partial charge in [-0.3, -0.25) is 0 Å². The van der Waals surface area contributed by atoms with Gasteiger partial charge in [-0.1, -0.05) is 67.7 Å². The van der Waals surface area contributed by atoms with Gasteiger partial charge in [-0.2, -0.15) is 10.2 Å². The molecule has 2 heterocycles. The molecular weight excluding hydrogens is 479 g/mol. The summed E-state index contributed by atoms with van der Waals surface area (Å²) in [5.74, 6) is 0. The standard InChI is InChI=1S/C19H13Br2ClN4/c20-15-5-1-3-13(7-15)18-9-19(14-4-2-6-16(21)8-14)26(24-18)12-25-11-17(22)10-23-25/h1-11H,12H2. The van der Waals surface area contributed by atoms with Crippen LogP contribution in [-0.4, -0.2) is 19.6 Å². The zero-order valence-corrected chi connectivity index (χ0v) is 17.4. The van der Waals surface area contributed by atoms with Crippen molar-refractivity contribution in [1.29, 1.82) is 0 Å². The molecule has 0 aliphatic heterocycles. The van der Waals surface area contributed by atoms with Crippen LogP contribution in [0, 0.1) is 0 Å². The van der Waals surface area contributed by atoms with E-state index in [1.165, 1.54) is 0 Å². The summed E-state index contributed by atoms with van der Waals surface area (Å²) < 4.78 is 5.74. The lowest BCUT2D eigenvalue weighted by molar-refractivity contribution is 0.508. The van der Waals surface area contributed by atoms with E-state index in [-0.39, 0.29) is 0 Å². The summed E-state index contributed by atoms with van der Waals surface area (Å²) in [7, 11) is 0. The predicted octanol–water partition coefficient (Wildman–Crippen LogP) is 6.10. The molecule has 0 unspecified atom stereocenters.